The predicted molar refractivity (Wildman–Crippen MR) is 67.6 cm³/mol. The summed E-state index contributed by atoms with van der Waals surface area (Å²) in [4.78, 5) is 5.27. The monoisotopic (exact) mass is 250 g/mol. The van der Waals surface area contributed by atoms with Crippen molar-refractivity contribution in [3.8, 4) is 11.8 Å². The molecule has 1 aromatic carbocycles. The van der Waals surface area contributed by atoms with E-state index in [0.717, 1.165) is 16.3 Å². The molecule has 1 aromatic heterocycles. The number of para-hydroxylation sites is 1. The molecule has 1 heterocycles. The molecule has 0 saturated carbocycles. The Balaban J connectivity index is 2.13. The highest BCUT2D eigenvalue weighted by Crippen LogP contribution is 2.30. The van der Waals surface area contributed by atoms with Gasteiger partial charge in [-0.15, -0.1) is 11.8 Å². The van der Waals surface area contributed by atoms with Crippen LogP contribution in [0.4, 0.5) is 0 Å². The van der Waals surface area contributed by atoms with Gasteiger partial charge in [-0.05, 0) is 25.4 Å². The van der Waals surface area contributed by atoms with Crippen molar-refractivity contribution in [2.45, 2.75) is 11.4 Å². The fourth-order valence-electron chi connectivity index (χ4n) is 1.39. The van der Waals surface area contributed by atoms with Crippen LogP contribution in [0.15, 0.2) is 39.8 Å². The number of nitrogens with one attached hydrogen (secondary N) is 1. The number of hydrogen-bond acceptors (Lipinski definition) is 5. The van der Waals surface area contributed by atoms with Gasteiger partial charge in [0, 0.05) is 11.4 Å². The molecule has 4 nitrogen and oxygen atoms in total. The number of thioether (sulfide) groups is 1. The van der Waals surface area contributed by atoms with E-state index in [9.17, 15) is 0 Å². The average Bonchev–Trinajstić information content (AvgIpc) is 2.78. The Morgan fingerprint density at radius 2 is 2.24 bits per heavy atom. The first-order chi connectivity index (χ1) is 8.33. The Morgan fingerprint density at radius 3 is 3.00 bits per heavy atom. The first-order valence-electron chi connectivity index (χ1n) is 5.23. The van der Waals surface area contributed by atoms with E-state index in [4.69, 9.17) is 9.15 Å². The molecule has 0 aliphatic heterocycles. The van der Waals surface area contributed by atoms with Crippen molar-refractivity contribution >= 4 is 11.8 Å². The van der Waals surface area contributed by atoms with Crippen molar-refractivity contribution in [1.82, 2.24) is 10.3 Å². The second-order valence-electron chi connectivity index (χ2n) is 3.39. The van der Waals surface area contributed by atoms with Crippen LogP contribution < -0.4 is 10.1 Å². The Labute approximate surface area is 104 Å². The number of rotatable bonds is 5. The Kier molecular flexibility index (Phi) is 4.06. The summed E-state index contributed by atoms with van der Waals surface area (Å²) in [5.41, 5.74) is 0.823. The third-order valence-corrected chi connectivity index (χ3v) is 2.93. The van der Waals surface area contributed by atoms with Gasteiger partial charge < -0.3 is 14.5 Å². The van der Waals surface area contributed by atoms with Crippen molar-refractivity contribution in [3.63, 3.8) is 0 Å². The van der Waals surface area contributed by atoms with Gasteiger partial charge in [0.1, 0.15) is 12.0 Å². The molecule has 90 valence electrons. The highest BCUT2D eigenvalue weighted by Gasteiger charge is 2.08. The summed E-state index contributed by atoms with van der Waals surface area (Å²) in [5.74, 6) is 0.762. The number of ether oxygens (including phenoxy) is 1. The standard InChI is InChI=1S/C12H14N2O2S/c1-13-7-9-8-15-12(14-9)16-10-5-3-4-6-11(10)17-2/h3-6,8,13H,7H2,1-2H3. The number of hydrogen-bond donors (Lipinski definition) is 1. The van der Waals surface area contributed by atoms with E-state index in [1.54, 1.807) is 18.0 Å². The van der Waals surface area contributed by atoms with Crippen molar-refractivity contribution in [2.75, 3.05) is 13.3 Å². The third-order valence-electron chi connectivity index (χ3n) is 2.15. The van der Waals surface area contributed by atoms with E-state index in [1.165, 1.54) is 0 Å². The lowest BCUT2D eigenvalue weighted by molar-refractivity contribution is 0.325. The lowest BCUT2D eigenvalue weighted by atomic mass is 10.3. The molecule has 0 spiro atoms. The molecule has 0 amide bonds. The van der Waals surface area contributed by atoms with Gasteiger partial charge in [-0.1, -0.05) is 12.1 Å². The largest absolute Gasteiger partial charge is 0.417 e. The molecule has 0 radical (unpaired) electrons. The van der Waals surface area contributed by atoms with Crippen LogP contribution >= 0.6 is 11.8 Å². The maximum absolute atomic E-state index is 5.60. The lowest BCUT2D eigenvalue weighted by Crippen LogP contribution is -2.04. The molecule has 0 aliphatic rings. The summed E-state index contributed by atoms with van der Waals surface area (Å²) in [6.45, 7) is 0.664. The zero-order valence-electron chi connectivity index (χ0n) is 9.77. The molecule has 0 unspecified atom stereocenters. The van der Waals surface area contributed by atoms with E-state index in [1.807, 2.05) is 37.6 Å². The van der Waals surface area contributed by atoms with Gasteiger partial charge in [0.05, 0.1) is 5.69 Å². The normalized spacial score (nSPS) is 10.5. The topological polar surface area (TPSA) is 47.3 Å². The molecule has 0 fully saturated rings. The highest BCUT2D eigenvalue weighted by atomic mass is 32.2. The molecule has 2 aromatic rings. The zero-order chi connectivity index (χ0) is 12.1. The van der Waals surface area contributed by atoms with Gasteiger partial charge in [0.15, 0.2) is 0 Å². The number of oxazole rings is 1. The molecule has 17 heavy (non-hydrogen) atoms. The fourth-order valence-corrected chi connectivity index (χ4v) is 1.92. The molecular weight excluding hydrogens is 236 g/mol. The van der Waals surface area contributed by atoms with Gasteiger partial charge >= 0.3 is 6.08 Å². The van der Waals surface area contributed by atoms with Crippen LogP contribution in [0, 0.1) is 0 Å². The molecule has 2 rings (SSSR count). The maximum Gasteiger partial charge on any atom is 0.399 e. The van der Waals surface area contributed by atoms with Crippen molar-refractivity contribution in [2.24, 2.45) is 0 Å². The maximum atomic E-state index is 5.60. The Hall–Kier alpha value is -1.46. The molecule has 0 bridgehead atoms. The van der Waals surface area contributed by atoms with Crippen molar-refractivity contribution in [1.29, 1.82) is 0 Å². The quantitative estimate of drug-likeness (QED) is 0.827. The van der Waals surface area contributed by atoms with Gasteiger partial charge in [-0.25, -0.2) is 0 Å². The third kappa shape index (κ3) is 3.01. The van der Waals surface area contributed by atoms with Crippen LogP contribution in [0.1, 0.15) is 5.69 Å². The Morgan fingerprint density at radius 1 is 1.41 bits per heavy atom. The van der Waals surface area contributed by atoms with Crippen molar-refractivity contribution in [3.05, 3.63) is 36.2 Å². The summed E-state index contributed by atoms with van der Waals surface area (Å²) in [6.07, 6.45) is 3.87. The molecule has 5 heteroatoms. The van der Waals surface area contributed by atoms with Crippen LogP contribution in [0.5, 0.6) is 11.8 Å². The second kappa shape index (κ2) is 5.75. The van der Waals surface area contributed by atoms with E-state index in [0.29, 0.717) is 6.54 Å². The summed E-state index contributed by atoms with van der Waals surface area (Å²) >= 11 is 1.62. The van der Waals surface area contributed by atoms with E-state index in [2.05, 4.69) is 10.3 Å². The average molecular weight is 250 g/mol. The first-order valence-corrected chi connectivity index (χ1v) is 6.46. The van der Waals surface area contributed by atoms with Crippen LogP contribution in [-0.2, 0) is 6.54 Å². The second-order valence-corrected chi connectivity index (χ2v) is 4.24. The minimum Gasteiger partial charge on any atom is -0.417 e. The summed E-state index contributed by atoms with van der Waals surface area (Å²) in [5, 5.41) is 3.00. The van der Waals surface area contributed by atoms with Crippen LogP contribution in [0.3, 0.4) is 0 Å². The van der Waals surface area contributed by atoms with Gasteiger partial charge in [-0.3, -0.25) is 0 Å². The van der Waals surface area contributed by atoms with Crippen LogP contribution in [0.2, 0.25) is 0 Å². The van der Waals surface area contributed by atoms with Crippen LogP contribution in [0.25, 0.3) is 0 Å². The fraction of sp³-hybridized carbons (Fsp3) is 0.250. The lowest BCUT2D eigenvalue weighted by Gasteiger charge is -2.04. The SMILES string of the molecule is CNCc1coc(Oc2ccccc2SC)n1. The summed E-state index contributed by atoms with van der Waals surface area (Å²) < 4.78 is 10.8. The zero-order valence-corrected chi connectivity index (χ0v) is 10.6. The Bertz CT molecular complexity index is 485. The van der Waals surface area contributed by atoms with E-state index < -0.39 is 0 Å². The molecule has 0 aliphatic carbocycles. The molecule has 1 N–H and O–H groups in total. The van der Waals surface area contributed by atoms with Crippen LogP contribution in [-0.4, -0.2) is 18.3 Å². The highest BCUT2D eigenvalue weighted by molar-refractivity contribution is 7.98. The van der Waals surface area contributed by atoms with Gasteiger partial charge in [0.2, 0.25) is 0 Å². The van der Waals surface area contributed by atoms with Gasteiger partial charge in [-0.2, -0.15) is 4.98 Å². The predicted octanol–water partition coefficient (Wildman–Crippen LogP) is 2.91. The number of nitrogens with zero attached hydrogens (tertiary/aromatic N) is 1. The number of aromatic nitrogens is 1. The molecular formula is C12H14N2O2S. The van der Waals surface area contributed by atoms with Crippen molar-refractivity contribution < 1.29 is 9.15 Å². The molecule has 0 atom stereocenters. The minimum atomic E-state index is 0.275. The number of benzene rings is 1. The first kappa shape index (κ1) is 12.0. The summed E-state index contributed by atoms with van der Waals surface area (Å²) in [7, 11) is 1.86. The minimum absolute atomic E-state index is 0.275. The summed E-state index contributed by atoms with van der Waals surface area (Å²) in [6, 6.07) is 7.79. The van der Waals surface area contributed by atoms with E-state index >= 15 is 0 Å². The smallest absolute Gasteiger partial charge is 0.399 e. The van der Waals surface area contributed by atoms with Gasteiger partial charge in [0.25, 0.3) is 0 Å². The molecule has 0 saturated heterocycles. The van der Waals surface area contributed by atoms with E-state index in [-0.39, 0.29) is 6.08 Å².